The summed E-state index contributed by atoms with van der Waals surface area (Å²) in [5, 5.41) is 14.2. The second-order valence-corrected chi connectivity index (χ2v) is 4.34. The van der Waals surface area contributed by atoms with E-state index in [-0.39, 0.29) is 10.7 Å². The number of anilines is 1. The summed E-state index contributed by atoms with van der Waals surface area (Å²) in [4.78, 5) is 14.3. The van der Waals surface area contributed by atoms with E-state index in [0.717, 1.165) is 12.8 Å². The van der Waals surface area contributed by atoms with Gasteiger partial charge in [-0.15, -0.1) is 0 Å². The van der Waals surface area contributed by atoms with Crippen LogP contribution in [0.4, 0.5) is 11.5 Å². The summed E-state index contributed by atoms with van der Waals surface area (Å²) in [6, 6.07) is 1.62. The Hall–Kier alpha value is -1.36. The van der Waals surface area contributed by atoms with E-state index in [4.69, 9.17) is 11.6 Å². The van der Waals surface area contributed by atoms with Crippen molar-refractivity contribution in [2.45, 2.75) is 31.7 Å². The Morgan fingerprint density at radius 1 is 1.50 bits per heavy atom. The second-order valence-electron chi connectivity index (χ2n) is 3.90. The summed E-state index contributed by atoms with van der Waals surface area (Å²) >= 11 is 5.68. The molecule has 1 heterocycles. The van der Waals surface area contributed by atoms with E-state index in [1.165, 1.54) is 25.1 Å². The number of rotatable bonds is 3. The van der Waals surface area contributed by atoms with Crippen LogP contribution in [0.2, 0.25) is 5.02 Å². The first-order chi connectivity index (χ1) is 7.66. The summed E-state index contributed by atoms with van der Waals surface area (Å²) in [6.45, 7) is 0. The van der Waals surface area contributed by atoms with Gasteiger partial charge >= 0.3 is 5.69 Å². The minimum Gasteiger partial charge on any atom is -0.362 e. The molecule has 1 aromatic heterocycles. The van der Waals surface area contributed by atoms with Crippen molar-refractivity contribution in [3.63, 3.8) is 0 Å². The molecule has 0 spiro atoms. The van der Waals surface area contributed by atoms with Gasteiger partial charge < -0.3 is 5.32 Å². The van der Waals surface area contributed by atoms with Gasteiger partial charge in [0.15, 0.2) is 0 Å². The molecule has 1 saturated carbocycles. The van der Waals surface area contributed by atoms with E-state index in [9.17, 15) is 10.1 Å². The van der Waals surface area contributed by atoms with E-state index >= 15 is 0 Å². The molecule has 0 aliphatic heterocycles. The maximum Gasteiger partial charge on any atom is 0.312 e. The van der Waals surface area contributed by atoms with Crippen LogP contribution >= 0.6 is 11.6 Å². The first-order valence-electron chi connectivity index (χ1n) is 5.23. The number of pyridine rings is 1. The Kier molecular flexibility index (Phi) is 3.24. The zero-order valence-corrected chi connectivity index (χ0v) is 9.41. The number of nitrogens with zero attached hydrogens (tertiary/aromatic N) is 2. The lowest BCUT2D eigenvalue weighted by Gasteiger charge is -2.12. The SMILES string of the molecule is O=[N+]([O-])c1cc(Cl)cnc1NC1CCCC1. The number of nitrogens with one attached hydrogen (secondary N) is 1. The minimum atomic E-state index is -0.462. The molecular formula is C10H12ClN3O2. The fraction of sp³-hybridized carbons (Fsp3) is 0.500. The lowest BCUT2D eigenvalue weighted by molar-refractivity contribution is -0.384. The average molecular weight is 242 g/mol. The standard InChI is InChI=1S/C10H12ClN3O2/c11-7-5-9(14(15)16)10(12-6-7)13-8-3-1-2-4-8/h5-6,8H,1-4H2,(H,12,13). The third-order valence-corrected chi connectivity index (χ3v) is 2.93. The first kappa shape index (κ1) is 11.1. The molecule has 16 heavy (non-hydrogen) atoms. The Bertz CT molecular complexity index is 405. The van der Waals surface area contributed by atoms with Crippen molar-refractivity contribution in [2.75, 3.05) is 5.32 Å². The van der Waals surface area contributed by atoms with Crippen molar-refractivity contribution in [1.29, 1.82) is 0 Å². The quantitative estimate of drug-likeness (QED) is 0.652. The zero-order valence-electron chi connectivity index (χ0n) is 8.65. The van der Waals surface area contributed by atoms with Gasteiger partial charge in [0.05, 0.1) is 9.95 Å². The van der Waals surface area contributed by atoms with Crippen LogP contribution in [-0.2, 0) is 0 Å². The number of nitro groups is 1. The van der Waals surface area contributed by atoms with Crippen molar-refractivity contribution in [1.82, 2.24) is 4.98 Å². The molecule has 1 N–H and O–H groups in total. The monoisotopic (exact) mass is 241 g/mol. The van der Waals surface area contributed by atoms with Gasteiger partial charge in [0.25, 0.3) is 0 Å². The van der Waals surface area contributed by atoms with Gasteiger partial charge in [0, 0.05) is 18.3 Å². The molecule has 1 aliphatic carbocycles. The number of aromatic nitrogens is 1. The summed E-state index contributed by atoms with van der Waals surface area (Å²) in [7, 11) is 0. The van der Waals surface area contributed by atoms with Crippen LogP contribution in [0.1, 0.15) is 25.7 Å². The van der Waals surface area contributed by atoms with E-state index in [2.05, 4.69) is 10.3 Å². The number of halogens is 1. The molecule has 6 heteroatoms. The highest BCUT2D eigenvalue weighted by Gasteiger charge is 2.21. The molecule has 0 unspecified atom stereocenters. The molecule has 0 radical (unpaired) electrons. The van der Waals surface area contributed by atoms with Gasteiger partial charge in [-0.3, -0.25) is 10.1 Å². The van der Waals surface area contributed by atoms with Gasteiger partial charge in [-0.05, 0) is 12.8 Å². The smallest absolute Gasteiger partial charge is 0.312 e. The van der Waals surface area contributed by atoms with Gasteiger partial charge in [0.1, 0.15) is 0 Å². The van der Waals surface area contributed by atoms with Gasteiger partial charge in [0.2, 0.25) is 5.82 Å². The van der Waals surface area contributed by atoms with Crippen LogP contribution in [0.15, 0.2) is 12.3 Å². The van der Waals surface area contributed by atoms with E-state index in [1.54, 1.807) is 0 Å². The molecule has 1 aromatic rings. The molecule has 0 bridgehead atoms. The first-order valence-corrected chi connectivity index (χ1v) is 5.61. The summed E-state index contributed by atoms with van der Waals surface area (Å²) in [6.07, 6.45) is 5.84. The van der Waals surface area contributed by atoms with Crippen LogP contribution < -0.4 is 5.32 Å². The highest BCUT2D eigenvalue weighted by atomic mass is 35.5. The van der Waals surface area contributed by atoms with Crippen molar-refractivity contribution in [3.05, 3.63) is 27.4 Å². The Balaban J connectivity index is 2.21. The van der Waals surface area contributed by atoms with Crippen LogP contribution in [-0.4, -0.2) is 15.9 Å². The second kappa shape index (κ2) is 4.65. The largest absolute Gasteiger partial charge is 0.362 e. The predicted molar refractivity (Wildman–Crippen MR) is 61.8 cm³/mol. The molecular weight excluding hydrogens is 230 g/mol. The molecule has 0 aromatic carbocycles. The fourth-order valence-corrected chi connectivity index (χ4v) is 2.09. The van der Waals surface area contributed by atoms with Crippen LogP contribution in [0.5, 0.6) is 0 Å². The molecule has 1 fully saturated rings. The Morgan fingerprint density at radius 3 is 2.81 bits per heavy atom. The molecule has 5 nitrogen and oxygen atoms in total. The van der Waals surface area contributed by atoms with Crippen molar-refractivity contribution in [3.8, 4) is 0 Å². The van der Waals surface area contributed by atoms with E-state index < -0.39 is 4.92 Å². The summed E-state index contributed by atoms with van der Waals surface area (Å²) < 4.78 is 0. The van der Waals surface area contributed by atoms with Gasteiger partial charge in [-0.1, -0.05) is 24.4 Å². The average Bonchev–Trinajstić information content (AvgIpc) is 2.73. The molecule has 0 atom stereocenters. The maximum atomic E-state index is 10.8. The number of hydrogen-bond acceptors (Lipinski definition) is 4. The van der Waals surface area contributed by atoms with Crippen LogP contribution in [0.25, 0.3) is 0 Å². The third kappa shape index (κ3) is 2.41. The number of hydrogen-bond donors (Lipinski definition) is 1. The Morgan fingerprint density at radius 2 is 2.19 bits per heavy atom. The predicted octanol–water partition coefficient (Wildman–Crippen LogP) is 3.00. The fourth-order valence-electron chi connectivity index (χ4n) is 1.94. The van der Waals surface area contributed by atoms with E-state index in [1.807, 2.05) is 0 Å². The van der Waals surface area contributed by atoms with Crippen LogP contribution in [0.3, 0.4) is 0 Å². The summed E-state index contributed by atoms with van der Waals surface area (Å²) in [5.41, 5.74) is -0.0561. The Labute approximate surface area is 98.0 Å². The zero-order chi connectivity index (χ0) is 11.5. The van der Waals surface area contributed by atoms with Gasteiger partial charge in [-0.2, -0.15) is 0 Å². The molecule has 0 amide bonds. The highest BCUT2D eigenvalue weighted by molar-refractivity contribution is 6.30. The van der Waals surface area contributed by atoms with Crippen molar-refractivity contribution < 1.29 is 4.92 Å². The molecule has 86 valence electrons. The van der Waals surface area contributed by atoms with E-state index in [0.29, 0.717) is 11.9 Å². The maximum absolute atomic E-state index is 10.8. The molecule has 1 aliphatic rings. The van der Waals surface area contributed by atoms with Gasteiger partial charge in [-0.25, -0.2) is 4.98 Å². The van der Waals surface area contributed by atoms with Crippen molar-refractivity contribution in [2.24, 2.45) is 0 Å². The highest BCUT2D eigenvalue weighted by Crippen LogP contribution is 2.28. The van der Waals surface area contributed by atoms with Crippen LogP contribution in [0, 0.1) is 10.1 Å². The topological polar surface area (TPSA) is 68.1 Å². The molecule has 2 rings (SSSR count). The lowest BCUT2D eigenvalue weighted by Crippen LogP contribution is -2.16. The minimum absolute atomic E-state index is 0.0561. The normalized spacial score (nSPS) is 16.3. The third-order valence-electron chi connectivity index (χ3n) is 2.73. The summed E-state index contributed by atoms with van der Waals surface area (Å²) in [5.74, 6) is 0.321. The molecule has 0 saturated heterocycles. The lowest BCUT2D eigenvalue weighted by atomic mass is 10.2. The van der Waals surface area contributed by atoms with Crippen molar-refractivity contribution >= 4 is 23.1 Å².